The van der Waals surface area contributed by atoms with Gasteiger partial charge in [-0.25, -0.2) is 0 Å². The van der Waals surface area contributed by atoms with Crippen LogP contribution in [0.15, 0.2) is 54.6 Å². The van der Waals surface area contributed by atoms with Crippen molar-refractivity contribution in [3.8, 4) is 11.5 Å². The first-order valence-electron chi connectivity index (χ1n) is 11.4. The van der Waals surface area contributed by atoms with Gasteiger partial charge in [-0.2, -0.15) is 0 Å². The zero-order chi connectivity index (χ0) is 25.4. The number of carbonyl (C=O) groups is 2. The topological polar surface area (TPSA) is 77.1 Å². The first kappa shape index (κ1) is 24.4. The summed E-state index contributed by atoms with van der Waals surface area (Å²) in [6.07, 6.45) is -0.284. The van der Waals surface area contributed by atoms with Crippen LogP contribution in [-0.4, -0.2) is 32.1 Å². The molecule has 7 nitrogen and oxygen atoms in total. The van der Waals surface area contributed by atoms with Gasteiger partial charge < -0.3 is 24.4 Å². The predicted octanol–water partition coefficient (Wildman–Crippen LogP) is 4.86. The molecule has 0 spiro atoms. The Morgan fingerprint density at radius 3 is 2.58 bits per heavy atom. The lowest BCUT2D eigenvalue weighted by atomic mass is 9.93. The van der Waals surface area contributed by atoms with E-state index in [9.17, 15) is 9.59 Å². The van der Waals surface area contributed by atoms with Gasteiger partial charge in [0.25, 0.3) is 5.91 Å². The number of nitrogens with one attached hydrogen (secondary N) is 1. The molecule has 9 heteroatoms. The second-order valence-electron chi connectivity index (χ2n) is 8.75. The number of nitrogens with zero attached hydrogens (tertiary/aromatic N) is 1. The number of anilines is 1. The van der Waals surface area contributed by atoms with E-state index in [1.807, 2.05) is 42.5 Å². The van der Waals surface area contributed by atoms with Crippen molar-refractivity contribution >= 4 is 40.8 Å². The fraction of sp³-hybridized carbons (Fsp3) is 0.259. The molecule has 0 aliphatic carbocycles. The molecule has 3 aromatic rings. The van der Waals surface area contributed by atoms with E-state index in [2.05, 4.69) is 5.32 Å². The first-order chi connectivity index (χ1) is 17.3. The number of esters is 1. The number of methoxy groups -OCH3 is 1. The third-order valence-electron chi connectivity index (χ3n) is 6.46. The summed E-state index contributed by atoms with van der Waals surface area (Å²) in [6.45, 7) is 0.847. The fourth-order valence-electron chi connectivity index (χ4n) is 4.42. The van der Waals surface area contributed by atoms with Crippen LogP contribution in [0, 0.1) is 0 Å². The number of carbonyl (C=O) groups excluding carboxylic acids is 2. The smallest absolute Gasteiger partial charge is 0.323 e. The van der Waals surface area contributed by atoms with Crippen LogP contribution >= 0.6 is 23.2 Å². The molecule has 0 saturated heterocycles. The number of hydrogen-bond acceptors (Lipinski definition) is 6. The van der Waals surface area contributed by atoms with E-state index in [1.165, 1.54) is 7.11 Å². The van der Waals surface area contributed by atoms with Gasteiger partial charge in [-0.15, -0.1) is 0 Å². The van der Waals surface area contributed by atoms with Crippen molar-refractivity contribution in [3.05, 3.63) is 86.9 Å². The summed E-state index contributed by atoms with van der Waals surface area (Å²) in [5.41, 5.74) is 4.32. The molecule has 1 N–H and O–H groups in total. The molecule has 2 atom stereocenters. The van der Waals surface area contributed by atoms with Crippen molar-refractivity contribution in [2.24, 2.45) is 0 Å². The molecule has 1 amide bonds. The summed E-state index contributed by atoms with van der Waals surface area (Å²) in [7, 11) is 3.11. The number of halogens is 2. The molecule has 5 rings (SSSR count). The number of fused-ring (bicyclic) bond motifs is 2. The Balaban J connectivity index is 1.31. The van der Waals surface area contributed by atoms with Crippen LogP contribution in [-0.2, 0) is 33.9 Å². The van der Waals surface area contributed by atoms with Gasteiger partial charge in [0.05, 0.1) is 22.8 Å². The standard InChI is InChI=1S/C27H24Cl2N2O5/c1-31-23-11-17-10-22(27(33)34-2)30-13-18(17)12-24(23)36-25(26(31)32)16-4-6-19(7-5-16)35-14-15-3-8-20(28)21(29)9-15/h3-9,11-12,22,25,30H,10,13-14H2,1-2H3/t22-,25+/m0/s1. The maximum Gasteiger partial charge on any atom is 0.323 e. The number of benzene rings is 3. The minimum absolute atomic E-state index is 0.176. The SMILES string of the molecule is COC(=O)[C@@H]1Cc2cc3c(cc2CN1)O[C@H](c1ccc(OCc2ccc(Cl)c(Cl)c2)cc1)C(=O)N3C. The second kappa shape index (κ2) is 10.0. The maximum absolute atomic E-state index is 13.2. The summed E-state index contributed by atoms with van der Waals surface area (Å²) < 4.78 is 16.9. The highest BCUT2D eigenvalue weighted by molar-refractivity contribution is 6.42. The van der Waals surface area contributed by atoms with Crippen LogP contribution in [0.4, 0.5) is 5.69 Å². The maximum atomic E-state index is 13.2. The van der Waals surface area contributed by atoms with Crippen molar-refractivity contribution in [1.82, 2.24) is 5.32 Å². The molecule has 0 saturated carbocycles. The minimum Gasteiger partial charge on any atom is -0.489 e. The summed E-state index contributed by atoms with van der Waals surface area (Å²) >= 11 is 12.0. The van der Waals surface area contributed by atoms with Gasteiger partial charge in [0.15, 0.2) is 0 Å². The summed E-state index contributed by atoms with van der Waals surface area (Å²) in [5, 5.41) is 4.17. The van der Waals surface area contributed by atoms with Gasteiger partial charge in [0, 0.05) is 19.2 Å². The molecular weight excluding hydrogens is 503 g/mol. The highest BCUT2D eigenvalue weighted by atomic mass is 35.5. The van der Waals surface area contributed by atoms with Crippen molar-refractivity contribution in [2.75, 3.05) is 19.1 Å². The highest BCUT2D eigenvalue weighted by Gasteiger charge is 2.35. The quantitative estimate of drug-likeness (QED) is 0.478. The van der Waals surface area contributed by atoms with E-state index in [1.54, 1.807) is 24.1 Å². The zero-order valence-electron chi connectivity index (χ0n) is 19.7. The molecule has 2 heterocycles. The minimum atomic E-state index is -0.774. The lowest BCUT2D eigenvalue weighted by molar-refractivity contribution is -0.143. The van der Waals surface area contributed by atoms with Crippen LogP contribution < -0.4 is 19.7 Å². The fourth-order valence-corrected chi connectivity index (χ4v) is 4.74. The third-order valence-corrected chi connectivity index (χ3v) is 7.20. The van der Waals surface area contributed by atoms with Gasteiger partial charge in [0.1, 0.15) is 24.1 Å². The van der Waals surface area contributed by atoms with E-state index >= 15 is 0 Å². The Morgan fingerprint density at radius 2 is 1.86 bits per heavy atom. The number of ether oxygens (including phenoxy) is 3. The Bertz CT molecular complexity index is 1330. The van der Waals surface area contributed by atoms with E-state index in [0.717, 1.165) is 22.3 Å². The van der Waals surface area contributed by atoms with Gasteiger partial charge in [-0.1, -0.05) is 41.4 Å². The van der Waals surface area contributed by atoms with Crippen LogP contribution in [0.2, 0.25) is 10.0 Å². The highest BCUT2D eigenvalue weighted by Crippen LogP contribution is 2.41. The number of rotatable bonds is 5. The molecule has 2 aliphatic rings. The summed E-state index contributed by atoms with van der Waals surface area (Å²) in [5.74, 6) is 0.801. The number of amides is 1. The van der Waals surface area contributed by atoms with Crippen LogP contribution in [0.5, 0.6) is 11.5 Å². The first-order valence-corrected chi connectivity index (χ1v) is 12.2. The molecule has 0 fully saturated rings. The molecule has 0 bridgehead atoms. The van der Waals surface area contributed by atoms with E-state index in [-0.39, 0.29) is 11.9 Å². The van der Waals surface area contributed by atoms with Crippen LogP contribution in [0.25, 0.3) is 0 Å². The Morgan fingerprint density at radius 1 is 1.08 bits per heavy atom. The van der Waals surface area contributed by atoms with Gasteiger partial charge in [-0.3, -0.25) is 9.59 Å². The van der Waals surface area contributed by atoms with Crippen molar-refractivity contribution in [2.45, 2.75) is 31.7 Å². The van der Waals surface area contributed by atoms with E-state index < -0.39 is 12.1 Å². The lowest BCUT2D eigenvalue weighted by Gasteiger charge is -2.34. The van der Waals surface area contributed by atoms with E-state index in [4.69, 9.17) is 37.4 Å². The number of hydrogen-bond donors (Lipinski definition) is 1. The van der Waals surface area contributed by atoms with Crippen LogP contribution in [0.1, 0.15) is 28.4 Å². The largest absolute Gasteiger partial charge is 0.489 e. The Labute approximate surface area is 218 Å². The van der Waals surface area contributed by atoms with Crippen molar-refractivity contribution in [1.29, 1.82) is 0 Å². The van der Waals surface area contributed by atoms with Gasteiger partial charge in [-0.05, 0) is 59.5 Å². The molecule has 0 aromatic heterocycles. The monoisotopic (exact) mass is 526 g/mol. The molecule has 0 unspecified atom stereocenters. The van der Waals surface area contributed by atoms with Crippen LogP contribution in [0.3, 0.4) is 0 Å². The predicted molar refractivity (Wildman–Crippen MR) is 137 cm³/mol. The zero-order valence-corrected chi connectivity index (χ0v) is 21.2. The average Bonchev–Trinajstić information content (AvgIpc) is 2.90. The molecule has 36 heavy (non-hydrogen) atoms. The van der Waals surface area contributed by atoms with Gasteiger partial charge >= 0.3 is 5.97 Å². The molecule has 2 aliphatic heterocycles. The van der Waals surface area contributed by atoms with Crippen molar-refractivity contribution < 1.29 is 23.8 Å². The third kappa shape index (κ3) is 4.74. The average molecular weight is 527 g/mol. The molecule has 3 aromatic carbocycles. The lowest BCUT2D eigenvalue weighted by Crippen LogP contribution is -2.43. The van der Waals surface area contributed by atoms with Gasteiger partial charge in [0.2, 0.25) is 6.10 Å². The molecule has 0 radical (unpaired) electrons. The Hall–Kier alpha value is -3.26. The normalized spacial score (nSPS) is 18.7. The summed E-state index contributed by atoms with van der Waals surface area (Å²) in [6, 6.07) is 16.1. The Kier molecular flexibility index (Phi) is 6.79. The summed E-state index contributed by atoms with van der Waals surface area (Å²) in [4.78, 5) is 26.7. The molecule has 186 valence electrons. The van der Waals surface area contributed by atoms with E-state index in [0.29, 0.717) is 46.8 Å². The second-order valence-corrected chi connectivity index (χ2v) is 9.57. The molecular formula is C27H24Cl2N2O5. The number of likely N-dealkylation sites (N-methyl/N-ethyl adjacent to an activating group) is 1. The van der Waals surface area contributed by atoms with Crippen molar-refractivity contribution in [3.63, 3.8) is 0 Å².